The first kappa shape index (κ1) is 14.0. The number of methoxy groups -OCH3 is 1. The van der Waals surface area contributed by atoms with Gasteiger partial charge in [0.25, 0.3) is 0 Å². The Morgan fingerprint density at radius 3 is 2.41 bits per heavy atom. The van der Waals surface area contributed by atoms with E-state index < -0.39 is 0 Å². The summed E-state index contributed by atoms with van der Waals surface area (Å²) in [5, 5.41) is 0. The number of esters is 1. The zero-order valence-electron chi connectivity index (χ0n) is 11.2. The van der Waals surface area contributed by atoms with E-state index >= 15 is 0 Å². The normalized spacial score (nSPS) is 22.4. The van der Waals surface area contributed by atoms with Crippen molar-refractivity contribution in [3.8, 4) is 0 Å². The molecule has 0 aromatic rings. The molecule has 0 radical (unpaired) electrons. The maximum absolute atomic E-state index is 12.3. The molecule has 0 spiro atoms. The number of hydrogen-bond acceptors (Lipinski definition) is 3. The Balaban J connectivity index is 2.77. The molecule has 0 saturated carbocycles. The SMILES string of the molecule is COC(=O)C1CCCCN1C(=O)C(C)C(C)C. The fourth-order valence-corrected chi connectivity index (χ4v) is 2.12. The molecule has 0 aromatic carbocycles. The van der Waals surface area contributed by atoms with Gasteiger partial charge in [-0.1, -0.05) is 20.8 Å². The molecule has 98 valence electrons. The molecule has 2 atom stereocenters. The lowest BCUT2D eigenvalue weighted by Crippen LogP contribution is -2.50. The van der Waals surface area contributed by atoms with Crippen molar-refractivity contribution in [2.24, 2.45) is 11.8 Å². The fourth-order valence-electron chi connectivity index (χ4n) is 2.12. The number of piperidine rings is 1. The second-order valence-corrected chi connectivity index (χ2v) is 5.10. The molecular weight excluding hydrogens is 218 g/mol. The predicted molar refractivity (Wildman–Crippen MR) is 65.4 cm³/mol. The highest BCUT2D eigenvalue weighted by molar-refractivity contribution is 5.86. The Bertz CT molecular complexity index is 288. The molecule has 2 unspecified atom stereocenters. The lowest BCUT2D eigenvalue weighted by Gasteiger charge is -2.36. The molecule has 1 fully saturated rings. The Labute approximate surface area is 103 Å². The Morgan fingerprint density at radius 1 is 1.24 bits per heavy atom. The highest BCUT2D eigenvalue weighted by Gasteiger charge is 2.35. The molecular formula is C13H23NO3. The van der Waals surface area contributed by atoms with Crippen molar-refractivity contribution in [3.05, 3.63) is 0 Å². The highest BCUT2D eigenvalue weighted by Crippen LogP contribution is 2.22. The molecule has 0 aromatic heterocycles. The summed E-state index contributed by atoms with van der Waals surface area (Å²) in [4.78, 5) is 25.7. The third-order valence-corrected chi connectivity index (χ3v) is 3.65. The molecule has 0 aliphatic carbocycles. The first-order valence-corrected chi connectivity index (χ1v) is 6.37. The third-order valence-electron chi connectivity index (χ3n) is 3.65. The molecule has 1 heterocycles. The van der Waals surface area contributed by atoms with Crippen LogP contribution in [0.1, 0.15) is 40.0 Å². The number of carbonyl (C=O) groups is 2. The quantitative estimate of drug-likeness (QED) is 0.708. The molecule has 4 heteroatoms. The van der Waals surface area contributed by atoms with Crippen LogP contribution in [0.3, 0.4) is 0 Å². The Hall–Kier alpha value is -1.06. The molecule has 0 bridgehead atoms. The van der Waals surface area contributed by atoms with Crippen molar-refractivity contribution in [2.75, 3.05) is 13.7 Å². The van der Waals surface area contributed by atoms with E-state index in [1.807, 2.05) is 20.8 Å². The van der Waals surface area contributed by atoms with Crippen LogP contribution in [0.2, 0.25) is 0 Å². The van der Waals surface area contributed by atoms with E-state index in [2.05, 4.69) is 0 Å². The van der Waals surface area contributed by atoms with E-state index in [0.717, 1.165) is 19.3 Å². The van der Waals surface area contributed by atoms with E-state index in [9.17, 15) is 9.59 Å². The number of rotatable bonds is 3. The Morgan fingerprint density at radius 2 is 1.88 bits per heavy atom. The smallest absolute Gasteiger partial charge is 0.328 e. The number of amides is 1. The second kappa shape index (κ2) is 6.03. The van der Waals surface area contributed by atoms with Gasteiger partial charge in [0.15, 0.2) is 0 Å². The van der Waals surface area contributed by atoms with Crippen LogP contribution in [0.25, 0.3) is 0 Å². The summed E-state index contributed by atoms with van der Waals surface area (Å²) in [5.74, 6) is 0.0482. The molecule has 4 nitrogen and oxygen atoms in total. The van der Waals surface area contributed by atoms with Gasteiger partial charge < -0.3 is 9.64 Å². The maximum Gasteiger partial charge on any atom is 0.328 e. The molecule has 1 saturated heterocycles. The van der Waals surface area contributed by atoms with Crippen LogP contribution in [-0.2, 0) is 14.3 Å². The second-order valence-electron chi connectivity index (χ2n) is 5.10. The van der Waals surface area contributed by atoms with Crippen LogP contribution in [0.5, 0.6) is 0 Å². The summed E-state index contributed by atoms with van der Waals surface area (Å²) in [6, 6.07) is -0.373. The van der Waals surface area contributed by atoms with Crippen LogP contribution < -0.4 is 0 Å². The minimum Gasteiger partial charge on any atom is -0.467 e. The van der Waals surface area contributed by atoms with Gasteiger partial charge in [-0.2, -0.15) is 0 Å². The van der Waals surface area contributed by atoms with Crippen molar-refractivity contribution < 1.29 is 14.3 Å². The number of carbonyl (C=O) groups excluding carboxylic acids is 2. The Kier molecular flexibility index (Phi) is 4.97. The fraction of sp³-hybridized carbons (Fsp3) is 0.846. The third kappa shape index (κ3) is 3.20. The number of ether oxygens (including phenoxy) is 1. The lowest BCUT2D eigenvalue weighted by molar-refractivity contribution is -0.156. The van der Waals surface area contributed by atoms with Gasteiger partial charge in [0.05, 0.1) is 7.11 Å². The van der Waals surface area contributed by atoms with Crippen LogP contribution in [-0.4, -0.2) is 36.5 Å². The van der Waals surface area contributed by atoms with Crippen LogP contribution in [0.4, 0.5) is 0 Å². The minimum atomic E-state index is -0.373. The molecule has 17 heavy (non-hydrogen) atoms. The van der Waals surface area contributed by atoms with E-state index in [-0.39, 0.29) is 23.8 Å². The summed E-state index contributed by atoms with van der Waals surface area (Å²) in [5.41, 5.74) is 0. The van der Waals surface area contributed by atoms with E-state index in [1.54, 1.807) is 4.90 Å². The zero-order chi connectivity index (χ0) is 13.0. The van der Waals surface area contributed by atoms with Crippen LogP contribution in [0, 0.1) is 11.8 Å². The molecule has 0 N–H and O–H groups in total. The monoisotopic (exact) mass is 241 g/mol. The van der Waals surface area contributed by atoms with Gasteiger partial charge in [0, 0.05) is 12.5 Å². The summed E-state index contributed by atoms with van der Waals surface area (Å²) < 4.78 is 4.78. The standard InChI is InChI=1S/C13H23NO3/c1-9(2)10(3)12(15)14-8-6-5-7-11(14)13(16)17-4/h9-11H,5-8H2,1-4H3. The van der Waals surface area contributed by atoms with Gasteiger partial charge in [-0.3, -0.25) is 4.79 Å². The van der Waals surface area contributed by atoms with Crippen LogP contribution >= 0.6 is 0 Å². The van der Waals surface area contributed by atoms with Crippen molar-refractivity contribution in [1.29, 1.82) is 0 Å². The van der Waals surface area contributed by atoms with Gasteiger partial charge in [-0.15, -0.1) is 0 Å². The van der Waals surface area contributed by atoms with Gasteiger partial charge in [0.2, 0.25) is 5.91 Å². The molecule has 1 amide bonds. The van der Waals surface area contributed by atoms with Crippen molar-refractivity contribution >= 4 is 11.9 Å². The number of nitrogens with zero attached hydrogens (tertiary/aromatic N) is 1. The first-order valence-electron chi connectivity index (χ1n) is 6.37. The summed E-state index contributed by atoms with van der Waals surface area (Å²) in [7, 11) is 1.38. The maximum atomic E-state index is 12.3. The van der Waals surface area contributed by atoms with E-state index in [0.29, 0.717) is 12.5 Å². The summed E-state index contributed by atoms with van der Waals surface area (Å²) >= 11 is 0. The predicted octanol–water partition coefficient (Wildman–Crippen LogP) is 1.83. The topological polar surface area (TPSA) is 46.6 Å². The van der Waals surface area contributed by atoms with Crippen LogP contribution in [0.15, 0.2) is 0 Å². The average Bonchev–Trinajstić information content (AvgIpc) is 2.35. The van der Waals surface area contributed by atoms with Crippen molar-refractivity contribution in [3.63, 3.8) is 0 Å². The lowest BCUT2D eigenvalue weighted by atomic mass is 9.93. The van der Waals surface area contributed by atoms with Crippen molar-refractivity contribution in [1.82, 2.24) is 4.90 Å². The largest absolute Gasteiger partial charge is 0.467 e. The van der Waals surface area contributed by atoms with Gasteiger partial charge >= 0.3 is 5.97 Å². The first-order chi connectivity index (χ1) is 7.99. The number of hydrogen-bond donors (Lipinski definition) is 0. The minimum absolute atomic E-state index is 0.0414. The molecule has 1 rings (SSSR count). The average molecular weight is 241 g/mol. The highest BCUT2D eigenvalue weighted by atomic mass is 16.5. The van der Waals surface area contributed by atoms with Gasteiger partial charge in [-0.25, -0.2) is 4.79 Å². The zero-order valence-corrected chi connectivity index (χ0v) is 11.2. The van der Waals surface area contributed by atoms with Gasteiger partial charge in [-0.05, 0) is 25.2 Å². The van der Waals surface area contributed by atoms with Gasteiger partial charge in [0.1, 0.15) is 6.04 Å². The number of likely N-dealkylation sites (tertiary alicyclic amines) is 1. The summed E-state index contributed by atoms with van der Waals surface area (Å²) in [6.07, 6.45) is 2.69. The van der Waals surface area contributed by atoms with Crippen molar-refractivity contribution in [2.45, 2.75) is 46.1 Å². The van der Waals surface area contributed by atoms with E-state index in [4.69, 9.17) is 4.74 Å². The van der Waals surface area contributed by atoms with E-state index in [1.165, 1.54) is 7.11 Å². The summed E-state index contributed by atoms with van der Waals surface area (Å²) in [6.45, 7) is 6.66. The molecule has 1 aliphatic heterocycles. The molecule has 1 aliphatic rings.